The maximum atomic E-state index is 12.9. The zero-order valence-electron chi connectivity index (χ0n) is 20.5. The van der Waals surface area contributed by atoms with Gasteiger partial charge in [-0.3, -0.25) is 19.3 Å². The molecule has 0 bridgehead atoms. The second-order valence-electron chi connectivity index (χ2n) is 8.58. The molecular weight excluding hydrogens is 496 g/mol. The summed E-state index contributed by atoms with van der Waals surface area (Å²) in [7, 11) is 1.46. The molecule has 37 heavy (non-hydrogen) atoms. The number of hydrogen-bond acceptors (Lipinski definition) is 6. The van der Waals surface area contributed by atoms with Crippen molar-refractivity contribution < 1.29 is 19.1 Å². The van der Waals surface area contributed by atoms with E-state index in [-0.39, 0.29) is 17.3 Å². The third-order valence-corrected chi connectivity index (χ3v) is 6.35. The number of rotatable bonds is 9. The number of halogens is 1. The number of carbonyl (C=O) groups excluding carboxylic acids is 3. The molecule has 1 aromatic heterocycles. The van der Waals surface area contributed by atoms with E-state index in [0.29, 0.717) is 34.3 Å². The normalized spacial score (nSPS) is 13.6. The monoisotopic (exact) mass is 524 g/mol. The molecule has 1 fully saturated rings. The van der Waals surface area contributed by atoms with Gasteiger partial charge in [0.2, 0.25) is 0 Å². The van der Waals surface area contributed by atoms with E-state index in [4.69, 9.17) is 16.3 Å². The summed E-state index contributed by atoms with van der Waals surface area (Å²) in [6.45, 7) is 3.58. The van der Waals surface area contributed by atoms with Gasteiger partial charge in [0.05, 0.1) is 16.9 Å². The summed E-state index contributed by atoms with van der Waals surface area (Å²) in [4.78, 5) is 46.2. The van der Waals surface area contributed by atoms with Crippen LogP contribution in [0.25, 0.3) is 0 Å². The molecule has 3 amide bonds. The molecule has 11 heteroatoms. The minimum Gasteiger partial charge on any atom is -0.492 e. The molecular formula is C26H29ClN6O4. The molecule has 4 N–H and O–H groups in total. The minimum atomic E-state index is -0.517. The van der Waals surface area contributed by atoms with Gasteiger partial charge < -0.3 is 25.7 Å². The van der Waals surface area contributed by atoms with Crippen LogP contribution in [0.2, 0.25) is 5.02 Å². The standard InChI is InChI=1S/C26H29ClN6O4/c1-28-25(35)22-23(30-16-29-22)26(36)32-18-7-5-17(6-8-18)31-24(34)20-15-19(9-10-21(20)27)37-14-13-33-11-3-2-4-12-33/h5-10,15-16H,2-4,11-14H2,1H3,(H,28,35)(H,29,30)(H,31,34)(H,32,36). The summed E-state index contributed by atoms with van der Waals surface area (Å²) in [5.41, 5.74) is 1.34. The van der Waals surface area contributed by atoms with Gasteiger partial charge in [0.15, 0.2) is 5.69 Å². The first kappa shape index (κ1) is 26.2. The summed E-state index contributed by atoms with van der Waals surface area (Å²) in [5, 5.41) is 8.25. The van der Waals surface area contributed by atoms with Gasteiger partial charge in [-0.05, 0) is 68.4 Å². The van der Waals surface area contributed by atoms with Crippen LogP contribution < -0.4 is 20.7 Å². The van der Waals surface area contributed by atoms with Crippen molar-refractivity contribution >= 4 is 40.7 Å². The van der Waals surface area contributed by atoms with Crippen molar-refractivity contribution in [3.8, 4) is 5.75 Å². The van der Waals surface area contributed by atoms with Gasteiger partial charge in [0, 0.05) is 25.0 Å². The fourth-order valence-corrected chi connectivity index (χ4v) is 4.23. The molecule has 0 atom stereocenters. The predicted molar refractivity (Wildman–Crippen MR) is 142 cm³/mol. The molecule has 10 nitrogen and oxygen atoms in total. The molecule has 0 radical (unpaired) electrons. The van der Waals surface area contributed by atoms with Gasteiger partial charge in [0.25, 0.3) is 17.7 Å². The molecule has 1 aliphatic rings. The molecule has 0 unspecified atom stereocenters. The van der Waals surface area contributed by atoms with Crippen molar-refractivity contribution in [2.75, 3.05) is 43.9 Å². The van der Waals surface area contributed by atoms with E-state index < -0.39 is 11.8 Å². The highest BCUT2D eigenvalue weighted by Crippen LogP contribution is 2.24. The molecule has 1 aliphatic heterocycles. The Morgan fingerprint density at radius 3 is 2.32 bits per heavy atom. The number of benzene rings is 2. The molecule has 0 saturated carbocycles. The number of aromatic amines is 1. The Labute approximate surface area is 219 Å². The first-order valence-corrected chi connectivity index (χ1v) is 12.5. The van der Waals surface area contributed by atoms with Crippen molar-refractivity contribution in [1.82, 2.24) is 20.2 Å². The van der Waals surface area contributed by atoms with Gasteiger partial charge in [-0.2, -0.15) is 0 Å². The predicted octanol–water partition coefficient (Wildman–Crippen LogP) is 3.79. The minimum absolute atomic E-state index is 0.00142. The van der Waals surface area contributed by atoms with Crippen molar-refractivity contribution in [2.24, 2.45) is 0 Å². The largest absolute Gasteiger partial charge is 0.492 e. The molecule has 194 valence electrons. The highest BCUT2D eigenvalue weighted by Gasteiger charge is 2.20. The topological polar surface area (TPSA) is 128 Å². The van der Waals surface area contributed by atoms with Crippen molar-refractivity contribution in [1.29, 1.82) is 0 Å². The number of nitrogens with zero attached hydrogens (tertiary/aromatic N) is 2. The number of hydrogen-bond donors (Lipinski definition) is 4. The smallest absolute Gasteiger partial charge is 0.274 e. The molecule has 4 rings (SSSR count). The second kappa shape index (κ2) is 12.4. The van der Waals surface area contributed by atoms with E-state index in [1.165, 1.54) is 32.6 Å². The zero-order chi connectivity index (χ0) is 26.2. The van der Waals surface area contributed by atoms with Crippen LogP contribution in [0.5, 0.6) is 5.75 Å². The van der Waals surface area contributed by atoms with Crippen LogP contribution >= 0.6 is 11.6 Å². The maximum absolute atomic E-state index is 12.9. The lowest BCUT2D eigenvalue weighted by Gasteiger charge is -2.26. The van der Waals surface area contributed by atoms with Crippen LogP contribution in [0.4, 0.5) is 11.4 Å². The van der Waals surface area contributed by atoms with E-state index in [2.05, 4.69) is 30.8 Å². The number of aromatic nitrogens is 2. The van der Waals surface area contributed by atoms with Crippen LogP contribution in [-0.4, -0.2) is 65.9 Å². The molecule has 3 aromatic rings. The quantitative estimate of drug-likeness (QED) is 0.337. The van der Waals surface area contributed by atoms with Crippen LogP contribution in [-0.2, 0) is 0 Å². The second-order valence-corrected chi connectivity index (χ2v) is 8.99. The van der Waals surface area contributed by atoms with Crippen LogP contribution in [0.15, 0.2) is 48.8 Å². The van der Waals surface area contributed by atoms with Crippen molar-refractivity contribution in [2.45, 2.75) is 19.3 Å². The maximum Gasteiger partial charge on any atom is 0.274 e. The zero-order valence-corrected chi connectivity index (χ0v) is 21.2. The Hall–Kier alpha value is -3.89. The number of ether oxygens (including phenoxy) is 1. The van der Waals surface area contributed by atoms with E-state index >= 15 is 0 Å². The van der Waals surface area contributed by atoms with Gasteiger partial charge in [-0.25, -0.2) is 4.98 Å². The number of imidazole rings is 1. The Balaban J connectivity index is 1.33. The summed E-state index contributed by atoms with van der Waals surface area (Å²) in [6, 6.07) is 11.6. The number of carbonyl (C=O) groups is 3. The lowest BCUT2D eigenvalue weighted by Crippen LogP contribution is -2.33. The Morgan fingerprint density at radius 1 is 0.973 bits per heavy atom. The van der Waals surface area contributed by atoms with Gasteiger partial charge in [0.1, 0.15) is 18.1 Å². The first-order chi connectivity index (χ1) is 17.9. The fourth-order valence-electron chi connectivity index (χ4n) is 4.03. The summed E-state index contributed by atoms with van der Waals surface area (Å²) in [5.74, 6) is -0.785. The van der Waals surface area contributed by atoms with Gasteiger partial charge >= 0.3 is 0 Å². The summed E-state index contributed by atoms with van der Waals surface area (Å²) in [6.07, 6.45) is 5.01. The number of likely N-dealkylation sites (tertiary alicyclic amines) is 1. The van der Waals surface area contributed by atoms with E-state index in [1.54, 1.807) is 42.5 Å². The highest BCUT2D eigenvalue weighted by molar-refractivity contribution is 6.34. The molecule has 0 spiro atoms. The number of nitrogens with one attached hydrogen (secondary N) is 4. The number of anilines is 2. The average Bonchev–Trinajstić information content (AvgIpc) is 3.41. The molecule has 2 heterocycles. The van der Waals surface area contributed by atoms with Gasteiger partial charge in [-0.15, -0.1) is 0 Å². The van der Waals surface area contributed by atoms with E-state index in [1.807, 2.05) is 0 Å². The summed E-state index contributed by atoms with van der Waals surface area (Å²) >= 11 is 6.28. The van der Waals surface area contributed by atoms with Gasteiger partial charge in [-0.1, -0.05) is 18.0 Å². The lowest BCUT2D eigenvalue weighted by atomic mass is 10.1. The summed E-state index contributed by atoms with van der Waals surface area (Å²) < 4.78 is 5.87. The van der Waals surface area contributed by atoms with Crippen molar-refractivity contribution in [3.05, 3.63) is 70.8 Å². The Morgan fingerprint density at radius 2 is 1.65 bits per heavy atom. The van der Waals surface area contributed by atoms with Crippen LogP contribution in [0.1, 0.15) is 50.6 Å². The Bertz CT molecular complexity index is 1250. The third kappa shape index (κ3) is 6.87. The number of amides is 3. The number of piperidine rings is 1. The Kier molecular flexibility index (Phi) is 8.76. The lowest BCUT2D eigenvalue weighted by molar-refractivity contribution is 0.0943. The molecule has 1 saturated heterocycles. The van der Waals surface area contributed by atoms with Crippen LogP contribution in [0.3, 0.4) is 0 Å². The van der Waals surface area contributed by atoms with Crippen LogP contribution in [0, 0.1) is 0 Å². The highest BCUT2D eigenvalue weighted by atomic mass is 35.5. The third-order valence-electron chi connectivity index (χ3n) is 6.02. The van der Waals surface area contributed by atoms with E-state index in [9.17, 15) is 14.4 Å². The van der Waals surface area contributed by atoms with E-state index in [0.717, 1.165) is 19.6 Å². The van der Waals surface area contributed by atoms with Crippen molar-refractivity contribution in [3.63, 3.8) is 0 Å². The first-order valence-electron chi connectivity index (χ1n) is 12.1. The fraction of sp³-hybridized carbons (Fsp3) is 0.308. The molecule has 2 aromatic carbocycles. The SMILES string of the molecule is CNC(=O)c1nc[nH]c1C(=O)Nc1ccc(NC(=O)c2cc(OCCN3CCCCC3)ccc2Cl)cc1. The number of H-pyrrole nitrogens is 1. The average molecular weight is 525 g/mol. The molecule has 0 aliphatic carbocycles.